The lowest BCUT2D eigenvalue weighted by atomic mass is 9.98. The zero-order chi connectivity index (χ0) is 6.69. The van der Waals surface area contributed by atoms with Gasteiger partial charge in [0.25, 0.3) is 0 Å². The Morgan fingerprint density at radius 2 is 1.90 bits per heavy atom. The van der Waals surface area contributed by atoms with Crippen molar-refractivity contribution in [3.8, 4) is 0 Å². The zero-order valence-electron chi connectivity index (χ0n) is 6.42. The minimum Gasteiger partial charge on any atom is -0.396 e. The SMILES string of the molecule is CN1CCC(CO)CC1.I. The molecule has 0 aliphatic carbocycles. The number of hydrogen-bond donors (Lipinski definition) is 1. The topological polar surface area (TPSA) is 23.5 Å². The Hall–Kier alpha value is 0.650. The predicted octanol–water partition coefficient (Wildman–Crippen LogP) is 0.939. The normalized spacial score (nSPS) is 22.2. The van der Waals surface area contributed by atoms with Crippen LogP contribution in [-0.4, -0.2) is 36.8 Å². The predicted molar refractivity (Wildman–Crippen MR) is 52.7 cm³/mol. The van der Waals surface area contributed by atoms with Crippen molar-refractivity contribution >= 4 is 24.0 Å². The number of likely N-dealkylation sites (tertiary alicyclic amines) is 1. The summed E-state index contributed by atoms with van der Waals surface area (Å²) in [6.45, 7) is 2.70. The maximum absolute atomic E-state index is 8.76. The fourth-order valence-corrected chi connectivity index (χ4v) is 1.24. The fourth-order valence-electron chi connectivity index (χ4n) is 1.24. The Labute approximate surface area is 79.6 Å². The van der Waals surface area contributed by atoms with Gasteiger partial charge in [0.2, 0.25) is 0 Å². The number of halogens is 1. The molecule has 1 rings (SSSR count). The Morgan fingerprint density at radius 1 is 1.40 bits per heavy atom. The highest BCUT2D eigenvalue weighted by Gasteiger charge is 2.14. The van der Waals surface area contributed by atoms with E-state index in [1.165, 1.54) is 12.8 Å². The number of nitrogens with zero attached hydrogens (tertiary/aromatic N) is 1. The lowest BCUT2D eigenvalue weighted by Crippen LogP contribution is -2.31. The molecule has 1 saturated heterocycles. The van der Waals surface area contributed by atoms with E-state index in [9.17, 15) is 0 Å². The van der Waals surface area contributed by atoms with Crippen LogP contribution in [0.2, 0.25) is 0 Å². The van der Waals surface area contributed by atoms with Crippen LogP contribution in [0.4, 0.5) is 0 Å². The first-order chi connectivity index (χ1) is 4.33. The first-order valence-electron chi connectivity index (χ1n) is 3.62. The van der Waals surface area contributed by atoms with Gasteiger partial charge in [-0.3, -0.25) is 0 Å². The Morgan fingerprint density at radius 3 is 2.30 bits per heavy atom. The second-order valence-corrected chi connectivity index (χ2v) is 2.93. The van der Waals surface area contributed by atoms with Gasteiger partial charge in [-0.25, -0.2) is 0 Å². The van der Waals surface area contributed by atoms with E-state index in [-0.39, 0.29) is 24.0 Å². The lowest BCUT2D eigenvalue weighted by Gasteiger charge is -2.27. The van der Waals surface area contributed by atoms with Gasteiger partial charge in [-0.2, -0.15) is 0 Å². The fraction of sp³-hybridized carbons (Fsp3) is 1.00. The highest BCUT2D eigenvalue weighted by molar-refractivity contribution is 14.0. The van der Waals surface area contributed by atoms with E-state index in [4.69, 9.17) is 5.11 Å². The molecule has 0 atom stereocenters. The minimum absolute atomic E-state index is 0. The van der Waals surface area contributed by atoms with Crippen molar-refractivity contribution in [2.45, 2.75) is 12.8 Å². The van der Waals surface area contributed by atoms with Crippen LogP contribution in [0.5, 0.6) is 0 Å². The standard InChI is InChI=1S/C7H15NO.HI/c1-8-4-2-7(6-9)3-5-8;/h7,9H,2-6H2,1H3;1H. The maximum atomic E-state index is 8.76. The van der Waals surface area contributed by atoms with Crippen LogP contribution in [0.3, 0.4) is 0 Å². The van der Waals surface area contributed by atoms with Crippen molar-refractivity contribution in [2.24, 2.45) is 5.92 Å². The molecule has 2 nitrogen and oxygen atoms in total. The average Bonchev–Trinajstić information content (AvgIpc) is 1.90. The molecule has 1 fully saturated rings. The van der Waals surface area contributed by atoms with Crippen molar-refractivity contribution in [3.05, 3.63) is 0 Å². The van der Waals surface area contributed by atoms with Gasteiger partial charge in [0.1, 0.15) is 0 Å². The van der Waals surface area contributed by atoms with Crippen LogP contribution >= 0.6 is 24.0 Å². The van der Waals surface area contributed by atoms with E-state index in [1.807, 2.05) is 0 Å². The molecule has 1 N–H and O–H groups in total. The highest BCUT2D eigenvalue weighted by atomic mass is 127. The lowest BCUT2D eigenvalue weighted by molar-refractivity contribution is 0.148. The van der Waals surface area contributed by atoms with Gasteiger partial charge in [0.15, 0.2) is 0 Å². The molecular formula is C7H16INO. The molecule has 62 valence electrons. The van der Waals surface area contributed by atoms with Crippen molar-refractivity contribution in [1.82, 2.24) is 4.90 Å². The summed E-state index contributed by atoms with van der Waals surface area (Å²) in [6.07, 6.45) is 2.35. The minimum atomic E-state index is 0. The summed E-state index contributed by atoms with van der Waals surface area (Å²) >= 11 is 0. The summed E-state index contributed by atoms with van der Waals surface area (Å²) in [7, 11) is 2.13. The van der Waals surface area contributed by atoms with Crippen molar-refractivity contribution in [3.63, 3.8) is 0 Å². The molecule has 0 amide bonds. The molecule has 0 radical (unpaired) electrons. The van der Waals surface area contributed by atoms with Crippen LogP contribution in [0.15, 0.2) is 0 Å². The van der Waals surface area contributed by atoms with E-state index in [0.717, 1.165) is 13.1 Å². The number of aliphatic hydroxyl groups is 1. The molecule has 0 saturated carbocycles. The molecule has 10 heavy (non-hydrogen) atoms. The van der Waals surface area contributed by atoms with Gasteiger partial charge >= 0.3 is 0 Å². The summed E-state index contributed by atoms with van der Waals surface area (Å²) in [6, 6.07) is 0. The quantitative estimate of drug-likeness (QED) is 0.707. The van der Waals surface area contributed by atoms with Gasteiger partial charge in [0, 0.05) is 6.61 Å². The van der Waals surface area contributed by atoms with Crippen molar-refractivity contribution in [1.29, 1.82) is 0 Å². The molecule has 0 aromatic carbocycles. The number of aliphatic hydroxyl groups excluding tert-OH is 1. The summed E-state index contributed by atoms with van der Waals surface area (Å²) in [4.78, 5) is 2.31. The molecule has 1 aliphatic heterocycles. The maximum Gasteiger partial charge on any atom is 0.0460 e. The molecule has 0 bridgehead atoms. The number of piperidine rings is 1. The second-order valence-electron chi connectivity index (χ2n) is 2.93. The third-order valence-corrected chi connectivity index (χ3v) is 2.10. The summed E-state index contributed by atoms with van der Waals surface area (Å²) in [5.41, 5.74) is 0. The van der Waals surface area contributed by atoms with Gasteiger partial charge in [0.05, 0.1) is 0 Å². The first-order valence-corrected chi connectivity index (χ1v) is 3.62. The molecule has 0 aromatic rings. The zero-order valence-corrected chi connectivity index (χ0v) is 8.75. The molecule has 3 heteroatoms. The number of rotatable bonds is 1. The monoisotopic (exact) mass is 257 g/mol. The van der Waals surface area contributed by atoms with E-state index in [0.29, 0.717) is 12.5 Å². The van der Waals surface area contributed by atoms with Crippen LogP contribution in [0.1, 0.15) is 12.8 Å². The van der Waals surface area contributed by atoms with E-state index in [2.05, 4.69) is 11.9 Å². The second kappa shape index (κ2) is 5.32. The molecule has 1 heterocycles. The first kappa shape index (κ1) is 10.7. The van der Waals surface area contributed by atoms with Gasteiger partial charge in [-0.15, -0.1) is 24.0 Å². The van der Waals surface area contributed by atoms with Gasteiger partial charge in [-0.05, 0) is 38.9 Å². The molecule has 0 aromatic heterocycles. The number of hydrogen-bond acceptors (Lipinski definition) is 2. The van der Waals surface area contributed by atoms with Crippen LogP contribution < -0.4 is 0 Å². The highest BCUT2D eigenvalue weighted by Crippen LogP contribution is 2.14. The summed E-state index contributed by atoms with van der Waals surface area (Å²) in [5.74, 6) is 0.584. The van der Waals surface area contributed by atoms with Crippen LogP contribution in [-0.2, 0) is 0 Å². The van der Waals surface area contributed by atoms with E-state index in [1.54, 1.807) is 0 Å². The van der Waals surface area contributed by atoms with Crippen LogP contribution in [0.25, 0.3) is 0 Å². The Bertz CT molecular complexity index is 81.7. The van der Waals surface area contributed by atoms with E-state index < -0.39 is 0 Å². The molecule has 0 spiro atoms. The smallest absolute Gasteiger partial charge is 0.0460 e. The van der Waals surface area contributed by atoms with Gasteiger partial charge < -0.3 is 10.0 Å². The largest absolute Gasteiger partial charge is 0.396 e. The molecule has 1 aliphatic rings. The average molecular weight is 257 g/mol. The third kappa shape index (κ3) is 3.16. The van der Waals surface area contributed by atoms with Crippen molar-refractivity contribution in [2.75, 3.05) is 26.7 Å². The third-order valence-electron chi connectivity index (χ3n) is 2.10. The van der Waals surface area contributed by atoms with Crippen molar-refractivity contribution < 1.29 is 5.11 Å². The van der Waals surface area contributed by atoms with E-state index >= 15 is 0 Å². The molecule has 0 unspecified atom stereocenters. The Balaban J connectivity index is 0.000000810. The Kier molecular flexibility index (Phi) is 5.67. The van der Waals surface area contributed by atoms with Gasteiger partial charge in [-0.1, -0.05) is 0 Å². The summed E-state index contributed by atoms with van der Waals surface area (Å²) < 4.78 is 0. The summed E-state index contributed by atoms with van der Waals surface area (Å²) in [5, 5.41) is 8.76. The molecular weight excluding hydrogens is 241 g/mol. The van der Waals surface area contributed by atoms with Crippen LogP contribution in [0, 0.1) is 5.92 Å².